The molecule has 2 aromatic rings. The third-order valence-electron chi connectivity index (χ3n) is 3.18. The Morgan fingerprint density at radius 1 is 1.25 bits per heavy atom. The number of rotatable bonds is 4. The number of aliphatic imine (C=N–C) groups is 1. The Hall–Kier alpha value is -2.60. The van der Waals surface area contributed by atoms with Crippen LogP contribution >= 0.6 is 11.8 Å². The maximum atomic E-state index is 13.2. The fourth-order valence-electron chi connectivity index (χ4n) is 2.13. The number of nitrogens with zero attached hydrogens (tertiary/aromatic N) is 1. The molecule has 3 rings (SSSR count). The summed E-state index contributed by atoms with van der Waals surface area (Å²) in [6.45, 7) is 2.53. The zero-order valence-electron chi connectivity index (χ0n) is 13.0. The molecule has 0 aromatic heterocycles. The summed E-state index contributed by atoms with van der Waals surface area (Å²) >= 11 is 1.23. The third kappa shape index (κ3) is 4.02. The molecule has 6 heteroatoms. The van der Waals surface area contributed by atoms with Crippen LogP contribution in [0.4, 0.5) is 10.1 Å². The van der Waals surface area contributed by atoms with Crippen LogP contribution in [0.2, 0.25) is 0 Å². The van der Waals surface area contributed by atoms with Gasteiger partial charge in [-0.2, -0.15) is 0 Å². The van der Waals surface area contributed by atoms with Crippen LogP contribution in [0.5, 0.6) is 5.75 Å². The van der Waals surface area contributed by atoms with Gasteiger partial charge >= 0.3 is 0 Å². The topological polar surface area (TPSA) is 50.7 Å². The first-order valence-electron chi connectivity index (χ1n) is 7.42. The van der Waals surface area contributed by atoms with Crippen LogP contribution in [-0.4, -0.2) is 17.7 Å². The van der Waals surface area contributed by atoms with E-state index in [2.05, 4.69) is 10.3 Å². The van der Waals surface area contributed by atoms with E-state index in [0.717, 1.165) is 5.75 Å². The normalized spacial score (nSPS) is 17.3. The number of halogens is 1. The van der Waals surface area contributed by atoms with Gasteiger partial charge in [-0.05, 0) is 66.7 Å². The van der Waals surface area contributed by atoms with Crippen molar-refractivity contribution in [3.8, 4) is 5.75 Å². The molecule has 2 aromatic carbocycles. The Balaban J connectivity index is 1.76. The van der Waals surface area contributed by atoms with Crippen molar-refractivity contribution < 1.29 is 13.9 Å². The summed E-state index contributed by atoms with van der Waals surface area (Å²) in [5.74, 6) is 0.196. The highest BCUT2D eigenvalue weighted by Crippen LogP contribution is 2.28. The molecule has 0 atom stereocenters. The fraction of sp³-hybridized carbons (Fsp3) is 0.111. The Bertz CT molecular complexity index is 816. The summed E-state index contributed by atoms with van der Waals surface area (Å²) in [5, 5.41) is 3.20. The van der Waals surface area contributed by atoms with Gasteiger partial charge in [-0.25, -0.2) is 9.38 Å². The molecule has 1 heterocycles. The Kier molecular flexibility index (Phi) is 4.96. The maximum absolute atomic E-state index is 13.2. The summed E-state index contributed by atoms with van der Waals surface area (Å²) < 4.78 is 18.6. The number of carbonyl (C=O) groups is 1. The van der Waals surface area contributed by atoms with E-state index >= 15 is 0 Å². The second kappa shape index (κ2) is 7.31. The maximum Gasteiger partial charge on any atom is 0.264 e. The molecule has 0 radical (unpaired) electrons. The molecule has 1 N–H and O–H groups in total. The molecule has 1 amide bonds. The van der Waals surface area contributed by atoms with E-state index in [1.165, 1.54) is 23.9 Å². The SMILES string of the molecule is CCOc1ccc(N=C2NC(=O)/C(=C\c3cccc(F)c3)S2)cc1. The minimum Gasteiger partial charge on any atom is -0.494 e. The van der Waals surface area contributed by atoms with Gasteiger partial charge in [0.25, 0.3) is 5.91 Å². The number of amides is 1. The zero-order chi connectivity index (χ0) is 16.9. The highest BCUT2D eigenvalue weighted by atomic mass is 32.2. The van der Waals surface area contributed by atoms with Gasteiger partial charge in [-0.3, -0.25) is 4.79 Å². The number of nitrogens with one attached hydrogen (secondary N) is 1. The predicted octanol–water partition coefficient (Wildman–Crippen LogP) is 4.12. The average molecular weight is 342 g/mol. The third-order valence-corrected chi connectivity index (χ3v) is 4.09. The molecule has 0 aliphatic carbocycles. The van der Waals surface area contributed by atoms with Crippen molar-refractivity contribution in [1.82, 2.24) is 5.32 Å². The smallest absolute Gasteiger partial charge is 0.264 e. The van der Waals surface area contributed by atoms with Gasteiger partial charge < -0.3 is 10.1 Å². The van der Waals surface area contributed by atoms with Crippen LogP contribution < -0.4 is 10.1 Å². The summed E-state index contributed by atoms with van der Waals surface area (Å²) in [5.41, 5.74) is 1.35. The molecular formula is C18H15FN2O2S. The Morgan fingerprint density at radius 2 is 2.04 bits per heavy atom. The first-order valence-corrected chi connectivity index (χ1v) is 8.24. The largest absolute Gasteiger partial charge is 0.494 e. The van der Waals surface area contributed by atoms with E-state index in [1.807, 2.05) is 31.2 Å². The van der Waals surface area contributed by atoms with Crippen LogP contribution in [0.25, 0.3) is 6.08 Å². The van der Waals surface area contributed by atoms with Gasteiger partial charge in [0.05, 0.1) is 17.2 Å². The Labute approximate surface area is 143 Å². The molecule has 4 nitrogen and oxygen atoms in total. The van der Waals surface area contributed by atoms with Crippen molar-refractivity contribution >= 4 is 34.6 Å². The number of hydrogen-bond acceptors (Lipinski definition) is 4. The minimum absolute atomic E-state index is 0.242. The molecular weight excluding hydrogens is 327 g/mol. The van der Waals surface area contributed by atoms with Gasteiger partial charge in [-0.1, -0.05) is 12.1 Å². The van der Waals surface area contributed by atoms with Crippen LogP contribution in [-0.2, 0) is 4.79 Å². The van der Waals surface area contributed by atoms with E-state index in [9.17, 15) is 9.18 Å². The van der Waals surface area contributed by atoms with Crippen LogP contribution in [0, 0.1) is 5.82 Å². The van der Waals surface area contributed by atoms with Gasteiger partial charge in [0.2, 0.25) is 0 Å². The van der Waals surface area contributed by atoms with Crippen molar-refractivity contribution in [1.29, 1.82) is 0 Å². The van der Waals surface area contributed by atoms with Crippen LogP contribution in [0.1, 0.15) is 12.5 Å². The van der Waals surface area contributed by atoms with E-state index in [0.29, 0.717) is 27.9 Å². The van der Waals surface area contributed by atoms with Crippen molar-refractivity contribution in [2.45, 2.75) is 6.92 Å². The second-order valence-electron chi connectivity index (χ2n) is 4.96. The first kappa shape index (κ1) is 16.3. The predicted molar refractivity (Wildman–Crippen MR) is 94.8 cm³/mol. The number of ether oxygens (including phenoxy) is 1. The molecule has 0 spiro atoms. The lowest BCUT2D eigenvalue weighted by Gasteiger charge is -2.02. The highest BCUT2D eigenvalue weighted by molar-refractivity contribution is 8.18. The standard InChI is InChI=1S/C18H15FN2O2S/c1-2-23-15-8-6-14(7-9-15)20-18-21-17(22)16(24-18)11-12-4-3-5-13(19)10-12/h3-11H,2H2,1H3,(H,20,21,22)/b16-11+. The average Bonchev–Trinajstić information content (AvgIpc) is 2.89. The molecule has 1 fully saturated rings. The van der Waals surface area contributed by atoms with E-state index in [-0.39, 0.29) is 11.7 Å². The van der Waals surface area contributed by atoms with Crippen molar-refractivity contribution in [2.24, 2.45) is 4.99 Å². The second-order valence-corrected chi connectivity index (χ2v) is 5.99. The molecule has 1 saturated heterocycles. The number of hydrogen-bond donors (Lipinski definition) is 1. The van der Waals surface area contributed by atoms with Crippen LogP contribution in [0.3, 0.4) is 0 Å². The van der Waals surface area contributed by atoms with E-state index in [4.69, 9.17) is 4.74 Å². The first-order chi connectivity index (χ1) is 11.6. The summed E-state index contributed by atoms with van der Waals surface area (Å²) in [4.78, 5) is 16.9. The minimum atomic E-state index is -0.337. The Morgan fingerprint density at radius 3 is 2.75 bits per heavy atom. The van der Waals surface area contributed by atoms with Gasteiger partial charge in [-0.15, -0.1) is 0 Å². The molecule has 122 valence electrons. The molecule has 1 aliphatic heterocycles. The van der Waals surface area contributed by atoms with E-state index < -0.39 is 0 Å². The number of benzene rings is 2. The molecule has 0 saturated carbocycles. The number of carbonyl (C=O) groups excluding carboxylic acids is 1. The fourth-order valence-corrected chi connectivity index (χ4v) is 2.97. The lowest BCUT2D eigenvalue weighted by atomic mass is 10.2. The van der Waals surface area contributed by atoms with Crippen molar-refractivity contribution in [3.63, 3.8) is 0 Å². The van der Waals surface area contributed by atoms with Gasteiger partial charge in [0.1, 0.15) is 11.6 Å². The molecule has 1 aliphatic rings. The number of thioether (sulfide) groups is 1. The van der Waals surface area contributed by atoms with Crippen molar-refractivity contribution in [3.05, 3.63) is 64.8 Å². The zero-order valence-corrected chi connectivity index (χ0v) is 13.8. The lowest BCUT2D eigenvalue weighted by Crippen LogP contribution is -2.19. The van der Waals surface area contributed by atoms with Gasteiger partial charge in [0, 0.05) is 0 Å². The molecule has 24 heavy (non-hydrogen) atoms. The summed E-state index contributed by atoms with van der Waals surface area (Å²) in [6.07, 6.45) is 1.64. The van der Waals surface area contributed by atoms with E-state index in [1.54, 1.807) is 18.2 Å². The summed E-state index contributed by atoms with van der Waals surface area (Å²) in [6, 6.07) is 13.4. The summed E-state index contributed by atoms with van der Waals surface area (Å²) in [7, 11) is 0. The van der Waals surface area contributed by atoms with Gasteiger partial charge in [0.15, 0.2) is 5.17 Å². The van der Waals surface area contributed by atoms with Crippen molar-refractivity contribution in [2.75, 3.05) is 6.61 Å². The monoisotopic (exact) mass is 342 g/mol. The highest BCUT2D eigenvalue weighted by Gasteiger charge is 2.23. The quantitative estimate of drug-likeness (QED) is 0.851. The molecule has 0 unspecified atom stereocenters. The number of amidine groups is 1. The molecule has 0 bridgehead atoms. The van der Waals surface area contributed by atoms with Crippen LogP contribution in [0.15, 0.2) is 58.4 Å². The lowest BCUT2D eigenvalue weighted by molar-refractivity contribution is -0.115.